The van der Waals surface area contributed by atoms with Gasteiger partial charge in [0.1, 0.15) is 23.5 Å². The van der Waals surface area contributed by atoms with Crippen LogP contribution in [0.3, 0.4) is 0 Å². The number of aliphatic imine (C=N–C) groups is 1. The van der Waals surface area contributed by atoms with Crippen molar-refractivity contribution in [3.05, 3.63) is 53.3 Å². The molecule has 11 nitrogen and oxygen atoms in total. The summed E-state index contributed by atoms with van der Waals surface area (Å²) in [6, 6.07) is 7.59. The number of thioether (sulfide) groups is 1. The summed E-state index contributed by atoms with van der Waals surface area (Å²) in [4.78, 5) is 48.8. The van der Waals surface area contributed by atoms with E-state index in [4.69, 9.17) is 23.9 Å². The van der Waals surface area contributed by atoms with Crippen molar-refractivity contribution in [2.24, 2.45) is 4.99 Å². The van der Waals surface area contributed by atoms with Gasteiger partial charge in [-0.15, -0.1) is 0 Å². The Labute approximate surface area is 244 Å². The van der Waals surface area contributed by atoms with E-state index < -0.39 is 47.7 Å². The fourth-order valence-corrected chi connectivity index (χ4v) is 5.42. The van der Waals surface area contributed by atoms with Crippen LogP contribution < -0.4 is 5.32 Å². The summed E-state index contributed by atoms with van der Waals surface area (Å²) in [5, 5.41) is 3.07. The Balaban J connectivity index is 1.82. The molecule has 0 saturated carbocycles. The van der Waals surface area contributed by atoms with Gasteiger partial charge in [0.25, 0.3) is 5.91 Å². The molecule has 2 fully saturated rings. The van der Waals surface area contributed by atoms with Crippen LogP contribution in [0.2, 0.25) is 0 Å². The van der Waals surface area contributed by atoms with Crippen molar-refractivity contribution in [3.63, 3.8) is 0 Å². The first-order valence-electron chi connectivity index (χ1n) is 13.5. The summed E-state index contributed by atoms with van der Waals surface area (Å²) in [5.74, 6) is -1.87. The number of esters is 1. The highest BCUT2D eigenvalue weighted by molar-refractivity contribution is 8.13. The summed E-state index contributed by atoms with van der Waals surface area (Å²) in [6.07, 6.45) is 1.79. The Kier molecular flexibility index (Phi) is 8.86. The van der Waals surface area contributed by atoms with E-state index in [9.17, 15) is 14.4 Å². The second-order valence-corrected chi connectivity index (χ2v) is 12.1. The third-order valence-corrected chi connectivity index (χ3v) is 7.22. The molecule has 0 bridgehead atoms. The number of hydrogen-bond donors (Lipinski definition) is 2. The molecule has 12 heteroatoms. The minimum Gasteiger partial charge on any atom is -0.461 e. The molecule has 2 aromatic rings. The van der Waals surface area contributed by atoms with E-state index in [1.54, 1.807) is 69.3 Å². The number of hydrogen-bond acceptors (Lipinski definition) is 9. The largest absolute Gasteiger partial charge is 0.461 e. The van der Waals surface area contributed by atoms with Crippen LogP contribution in [0, 0.1) is 0 Å². The van der Waals surface area contributed by atoms with Crippen LogP contribution in [0.1, 0.15) is 80.9 Å². The lowest BCUT2D eigenvalue weighted by Crippen LogP contribution is -2.44. The molecule has 2 aliphatic heterocycles. The molecule has 0 aliphatic carbocycles. The molecule has 0 spiro atoms. The topological polar surface area (TPSA) is 132 Å². The molecule has 1 aromatic carbocycles. The second-order valence-electron chi connectivity index (χ2n) is 11.3. The molecule has 2 N–H and O–H groups in total. The second kappa shape index (κ2) is 11.9. The van der Waals surface area contributed by atoms with Crippen molar-refractivity contribution in [1.82, 2.24) is 15.2 Å². The van der Waals surface area contributed by atoms with Gasteiger partial charge in [-0.2, -0.15) is 0 Å². The number of nitrogens with zero attached hydrogens (tertiary/aromatic N) is 2. The smallest absolute Gasteiger partial charge is 0.411 e. The summed E-state index contributed by atoms with van der Waals surface area (Å²) in [6.45, 7) is 12.7. The van der Waals surface area contributed by atoms with Crippen LogP contribution in [0.5, 0.6) is 0 Å². The number of aromatic nitrogens is 1. The van der Waals surface area contributed by atoms with Gasteiger partial charge in [-0.05, 0) is 66.9 Å². The van der Waals surface area contributed by atoms with Gasteiger partial charge in [0.2, 0.25) is 0 Å². The minimum absolute atomic E-state index is 0.0841. The normalized spacial score (nSPS) is 23.7. The molecule has 4 rings (SSSR count). The Bertz CT molecular complexity index is 1320. The number of aromatic amines is 1. The number of amides is 2. The maximum atomic E-state index is 13.6. The Hall–Kier alpha value is -3.35. The van der Waals surface area contributed by atoms with Crippen molar-refractivity contribution < 1.29 is 33.3 Å². The number of likely N-dealkylation sites (tertiary alicyclic amines) is 1. The number of ether oxygens (including phenoxy) is 4. The predicted octanol–water partition coefficient (Wildman–Crippen LogP) is 5.17. The number of nitrogens with one attached hydrogen (secondary N) is 2. The van der Waals surface area contributed by atoms with Gasteiger partial charge in [-0.1, -0.05) is 30.0 Å². The average molecular weight is 587 g/mol. The molecule has 2 saturated heterocycles. The van der Waals surface area contributed by atoms with Crippen molar-refractivity contribution in [2.45, 2.75) is 84.1 Å². The number of carbonyl (C=O) groups excluding carboxylic acids is 3. The highest BCUT2D eigenvalue weighted by atomic mass is 32.2. The van der Waals surface area contributed by atoms with E-state index in [2.05, 4.69) is 10.3 Å². The number of benzene rings is 1. The lowest BCUT2D eigenvalue weighted by atomic mass is 10.0. The lowest BCUT2D eigenvalue weighted by molar-refractivity contribution is -0.166. The van der Waals surface area contributed by atoms with Gasteiger partial charge >= 0.3 is 12.1 Å². The van der Waals surface area contributed by atoms with Gasteiger partial charge in [0, 0.05) is 17.3 Å². The maximum Gasteiger partial charge on any atom is 0.411 e. The average Bonchev–Trinajstić information content (AvgIpc) is 3.52. The lowest BCUT2D eigenvalue weighted by Gasteiger charge is -2.34. The van der Waals surface area contributed by atoms with Crippen molar-refractivity contribution in [1.29, 1.82) is 0 Å². The van der Waals surface area contributed by atoms with Crippen molar-refractivity contribution >= 4 is 40.6 Å². The molecular formula is C29H38N4O7S. The minimum atomic E-state index is -0.889. The van der Waals surface area contributed by atoms with E-state index in [-0.39, 0.29) is 29.1 Å². The predicted molar refractivity (Wildman–Crippen MR) is 155 cm³/mol. The van der Waals surface area contributed by atoms with Crippen LogP contribution in [-0.4, -0.2) is 75.5 Å². The first kappa shape index (κ1) is 30.6. The molecule has 2 aliphatic rings. The van der Waals surface area contributed by atoms with Gasteiger partial charge in [-0.3, -0.25) is 9.69 Å². The first-order valence-corrected chi connectivity index (χ1v) is 14.7. The Morgan fingerprint density at radius 2 is 1.80 bits per heavy atom. The van der Waals surface area contributed by atoms with E-state index in [1.807, 2.05) is 26.8 Å². The highest BCUT2D eigenvalue weighted by Gasteiger charge is 2.59. The quantitative estimate of drug-likeness (QED) is 0.279. The zero-order valence-electron chi connectivity index (χ0n) is 24.6. The van der Waals surface area contributed by atoms with Crippen LogP contribution >= 0.6 is 11.8 Å². The third-order valence-electron chi connectivity index (χ3n) is 6.64. The van der Waals surface area contributed by atoms with Crippen LogP contribution in [0.15, 0.2) is 41.5 Å². The SMILES string of the molecule is CCOC(=O)c1[nH]cc([C@H]2[C@@H]3OC(C)(C)O[C@@H]3[C@@H](C)N2C(=O)OC(C)(C)C)c1N=C(NC(=O)c1ccccc1)SC. The highest BCUT2D eigenvalue weighted by Crippen LogP contribution is 2.50. The summed E-state index contributed by atoms with van der Waals surface area (Å²) in [7, 11) is 0. The third kappa shape index (κ3) is 6.60. The zero-order valence-corrected chi connectivity index (χ0v) is 25.5. The van der Waals surface area contributed by atoms with Gasteiger partial charge in [0.15, 0.2) is 16.6 Å². The molecule has 4 atom stereocenters. The van der Waals surface area contributed by atoms with Crippen LogP contribution in [0.25, 0.3) is 0 Å². The molecular weight excluding hydrogens is 548 g/mol. The molecule has 1 aromatic heterocycles. The van der Waals surface area contributed by atoms with E-state index in [0.717, 1.165) is 0 Å². The summed E-state index contributed by atoms with van der Waals surface area (Å²) < 4.78 is 23.6. The van der Waals surface area contributed by atoms with E-state index in [0.29, 0.717) is 11.1 Å². The van der Waals surface area contributed by atoms with Crippen molar-refractivity contribution in [2.75, 3.05) is 12.9 Å². The fraction of sp³-hybridized carbons (Fsp3) is 0.517. The van der Waals surface area contributed by atoms with E-state index in [1.165, 1.54) is 11.8 Å². The van der Waals surface area contributed by atoms with Gasteiger partial charge in [0.05, 0.1) is 18.7 Å². The van der Waals surface area contributed by atoms with Crippen LogP contribution in [-0.2, 0) is 18.9 Å². The monoisotopic (exact) mass is 586 g/mol. The number of carbonyl (C=O) groups is 3. The molecule has 0 unspecified atom stereocenters. The number of rotatable bonds is 5. The summed E-state index contributed by atoms with van der Waals surface area (Å²) in [5.41, 5.74) is 0.515. The van der Waals surface area contributed by atoms with Gasteiger partial charge in [-0.25, -0.2) is 14.6 Å². The van der Waals surface area contributed by atoms with E-state index >= 15 is 0 Å². The summed E-state index contributed by atoms with van der Waals surface area (Å²) >= 11 is 1.20. The van der Waals surface area contributed by atoms with Gasteiger partial charge < -0.3 is 29.2 Å². The molecule has 222 valence electrons. The first-order chi connectivity index (χ1) is 19.3. The number of amidine groups is 1. The van der Waals surface area contributed by atoms with Crippen molar-refractivity contribution in [3.8, 4) is 0 Å². The number of H-pyrrole nitrogens is 1. The van der Waals surface area contributed by atoms with Crippen LogP contribution in [0.4, 0.5) is 10.5 Å². The molecule has 41 heavy (non-hydrogen) atoms. The Morgan fingerprint density at radius 3 is 2.41 bits per heavy atom. The zero-order chi connectivity index (χ0) is 30.1. The number of fused-ring (bicyclic) bond motifs is 1. The standard InChI is InChI=1S/C29H38N4O7S/c1-9-37-25(35)20-19(31-26(41-8)32-24(34)17-13-11-10-12-14-17)18(15-30-20)21-23-22(38-29(6,7)39-23)16(2)33(21)27(36)40-28(3,4)5/h10-16,21-23,30H,9H2,1-8H3,(H,31,32,34)/t16-,21+,22-,23+/m1/s1. The molecule has 3 heterocycles. The fourth-order valence-electron chi connectivity index (χ4n) is 5.05. The maximum absolute atomic E-state index is 13.6. The Morgan fingerprint density at radius 1 is 1.15 bits per heavy atom. The molecule has 2 amide bonds. The molecule has 0 radical (unpaired) electrons.